The van der Waals surface area contributed by atoms with Crippen molar-refractivity contribution >= 4 is 15.7 Å². The molecular formula is C9H18N2O3S. The van der Waals surface area contributed by atoms with Crippen molar-refractivity contribution in [3.63, 3.8) is 0 Å². The molecule has 5 nitrogen and oxygen atoms in total. The summed E-state index contributed by atoms with van der Waals surface area (Å²) in [4.78, 5) is 11.2. The molecule has 0 aromatic rings. The Hall–Kier alpha value is -0.620. The van der Waals surface area contributed by atoms with Crippen molar-refractivity contribution < 1.29 is 13.2 Å². The summed E-state index contributed by atoms with van der Waals surface area (Å²) in [7, 11) is -2.97. The molecule has 0 saturated heterocycles. The van der Waals surface area contributed by atoms with Gasteiger partial charge in [0.05, 0.1) is 12.3 Å². The summed E-state index contributed by atoms with van der Waals surface area (Å²) >= 11 is 0. The second-order valence-corrected chi connectivity index (χ2v) is 6.21. The van der Waals surface area contributed by atoms with Gasteiger partial charge in [-0.15, -0.1) is 0 Å². The largest absolute Gasteiger partial charge is 0.354 e. The minimum absolute atomic E-state index is 0.0265. The lowest BCUT2D eigenvalue weighted by molar-refractivity contribution is -0.120. The molecule has 1 fully saturated rings. The zero-order valence-corrected chi connectivity index (χ0v) is 9.77. The number of sulfone groups is 1. The van der Waals surface area contributed by atoms with Gasteiger partial charge in [-0.3, -0.25) is 4.79 Å². The third kappa shape index (κ3) is 5.74. The smallest absolute Gasteiger partial charge is 0.233 e. The number of hydrogen-bond acceptors (Lipinski definition) is 4. The number of nitrogens with one attached hydrogen (secondary N) is 2. The van der Waals surface area contributed by atoms with E-state index >= 15 is 0 Å². The topological polar surface area (TPSA) is 75.3 Å². The summed E-state index contributed by atoms with van der Waals surface area (Å²) in [5.41, 5.74) is 0. The van der Waals surface area contributed by atoms with Crippen LogP contribution >= 0.6 is 0 Å². The van der Waals surface area contributed by atoms with Crippen LogP contribution in [0.15, 0.2) is 0 Å². The molecule has 1 amide bonds. The Labute approximate surface area is 90.5 Å². The van der Waals surface area contributed by atoms with Crippen LogP contribution in [0.4, 0.5) is 0 Å². The van der Waals surface area contributed by atoms with Gasteiger partial charge in [0.2, 0.25) is 5.91 Å². The van der Waals surface area contributed by atoms with Crippen LogP contribution in [0.25, 0.3) is 0 Å². The summed E-state index contributed by atoms with van der Waals surface area (Å²) in [6.07, 6.45) is 2.27. The van der Waals surface area contributed by atoms with Crippen LogP contribution in [0, 0.1) is 0 Å². The summed E-state index contributed by atoms with van der Waals surface area (Å²) in [5, 5.41) is 5.63. The quantitative estimate of drug-likeness (QED) is 0.610. The van der Waals surface area contributed by atoms with Gasteiger partial charge in [-0.2, -0.15) is 0 Å². The van der Waals surface area contributed by atoms with Gasteiger partial charge < -0.3 is 10.6 Å². The number of carbonyl (C=O) groups excluding carboxylic acids is 1. The highest BCUT2D eigenvalue weighted by molar-refractivity contribution is 7.91. The average molecular weight is 234 g/mol. The molecule has 0 radical (unpaired) electrons. The standard InChI is InChI=1S/C9H18N2O3S/c1-2-15(13,14)6-5-10-9(12)7-11-8-3-4-8/h8,11H,2-7H2,1H3,(H,10,12). The van der Waals surface area contributed by atoms with E-state index in [1.807, 2.05) is 0 Å². The van der Waals surface area contributed by atoms with Crippen molar-refractivity contribution in [2.75, 3.05) is 24.6 Å². The van der Waals surface area contributed by atoms with Crippen LogP contribution in [0.5, 0.6) is 0 Å². The Morgan fingerprint density at radius 2 is 2.07 bits per heavy atom. The van der Waals surface area contributed by atoms with E-state index < -0.39 is 9.84 Å². The van der Waals surface area contributed by atoms with E-state index in [4.69, 9.17) is 0 Å². The Morgan fingerprint density at radius 1 is 1.40 bits per heavy atom. The van der Waals surface area contributed by atoms with Gasteiger partial charge in [0.1, 0.15) is 0 Å². The van der Waals surface area contributed by atoms with Gasteiger partial charge in [0, 0.05) is 18.3 Å². The van der Waals surface area contributed by atoms with Gasteiger partial charge in [0.15, 0.2) is 9.84 Å². The Balaban J connectivity index is 2.05. The van der Waals surface area contributed by atoms with Crippen molar-refractivity contribution in [2.24, 2.45) is 0 Å². The zero-order valence-electron chi connectivity index (χ0n) is 8.95. The van der Waals surface area contributed by atoms with Crippen molar-refractivity contribution in [3.05, 3.63) is 0 Å². The average Bonchev–Trinajstić information content (AvgIpc) is 2.98. The van der Waals surface area contributed by atoms with Crippen LogP contribution in [0.1, 0.15) is 19.8 Å². The third-order valence-corrected chi connectivity index (χ3v) is 4.01. The molecule has 0 spiro atoms. The lowest BCUT2D eigenvalue weighted by Gasteiger charge is -2.05. The van der Waals surface area contributed by atoms with E-state index in [1.54, 1.807) is 6.92 Å². The fourth-order valence-corrected chi connectivity index (χ4v) is 1.78. The van der Waals surface area contributed by atoms with E-state index in [1.165, 1.54) is 0 Å². The molecule has 6 heteroatoms. The second kappa shape index (κ2) is 5.46. The van der Waals surface area contributed by atoms with E-state index in [9.17, 15) is 13.2 Å². The fraction of sp³-hybridized carbons (Fsp3) is 0.889. The third-order valence-electron chi connectivity index (χ3n) is 2.30. The summed E-state index contributed by atoms with van der Waals surface area (Å²) in [6, 6.07) is 0.495. The Kier molecular flexibility index (Phi) is 4.53. The molecule has 88 valence electrons. The van der Waals surface area contributed by atoms with Crippen molar-refractivity contribution in [1.82, 2.24) is 10.6 Å². The van der Waals surface area contributed by atoms with Gasteiger partial charge in [-0.05, 0) is 12.8 Å². The van der Waals surface area contributed by atoms with Crippen LogP contribution in [0.3, 0.4) is 0 Å². The van der Waals surface area contributed by atoms with Crippen LogP contribution in [-0.4, -0.2) is 45.0 Å². The summed E-state index contributed by atoms with van der Waals surface area (Å²) in [6.45, 7) is 2.10. The van der Waals surface area contributed by atoms with Gasteiger partial charge in [0.25, 0.3) is 0 Å². The maximum Gasteiger partial charge on any atom is 0.233 e. The molecular weight excluding hydrogens is 216 g/mol. The molecule has 15 heavy (non-hydrogen) atoms. The minimum atomic E-state index is -2.97. The molecule has 0 atom stereocenters. The molecule has 1 aliphatic carbocycles. The number of carbonyl (C=O) groups is 1. The van der Waals surface area contributed by atoms with E-state index in [0.29, 0.717) is 6.04 Å². The lowest BCUT2D eigenvalue weighted by Crippen LogP contribution is -2.37. The van der Waals surface area contributed by atoms with Crippen molar-refractivity contribution in [2.45, 2.75) is 25.8 Å². The minimum Gasteiger partial charge on any atom is -0.354 e. The molecule has 0 aliphatic heterocycles. The molecule has 0 aromatic heterocycles. The predicted octanol–water partition coefficient (Wildman–Crippen LogP) is -0.711. The zero-order chi connectivity index (χ0) is 11.3. The maximum absolute atomic E-state index is 11.2. The van der Waals surface area contributed by atoms with Gasteiger partial charge in [-0.25, -0.2) is 8.42 Å². The van der Waals surface area contributed by atoms with Gasteiger partial charge >= 0.3 is 0 Å². The molecule has 1 saturated carbocycles. The number of hydrogen-bond donors (Lipinski definition) is 2. The predicted molar refractivity (Wildman–Crippen MR) is 58.4 cm³/mol. The highest BCUT2D eigenvalue weighted by Crippen LogP contribution is 2.17. The fourth-order valence-electron chi connectivity index (χ4n) is 1.08. The Morgan fingerprint density at radius 3 is 2.60 bits per heavy atom. The van der Waals surface area contributed by atoms with Crippen LogP contribution < -0.4 is 10.6 Å². The molecule has 0 unspecified atom stereocenters. The molecule has 0 heterocycles. The summed E-state index contributed by atoms with van der Waals surface area (Å²) in [5.74, 6) is 0.0233. The number of rotatable bonds is 7. The molecule has 1 rings (SSSR count). The van der Waals surface area contributed by atoms with Gasteiger partial charge in [-0.1, -0.05) is 6.92 Å². The first-order chi connectivity index (χ1) is 7.03. The van der Waals surface area contributed by atoms with Crippen molar-refractivity contribution in [3.8, 4) is 0 Å². The van der Waals surface area contributed by atoms with E-state index in [2.05, 4.69) is 10.6 Å². The second-order valence-electron chi connectivity index (χ2n) is 3.74. The van der Waals surface area contributed by atoms with Crippen molar-refractivity contribution in [1.29, 1.82) is 0 Å². The maximum atomic E-state index is 11.2. The number of amides is 1. The van der Waals surface area contributed by atoms with E-state index in [-0.39, 0.29) is 30.5 Å². The van der Waals surface area contributed by atoms with E-state index in [0.717, 1.165) is 12.8 Å². The van der Waals surface area contributed by atoms with Crippen LogP contribution in [-0.2, 0) is 14.6 Å². The lowest BCUT2D eigenvalue weighted by atomic mass is 10.5. The Bertz CT molecular complexity index is 309. The SMILES string of the molecule is CCS(=O)(=O)CCNC(=O)CNC1CC1. The highest BCUT2D eigenvalue weighted by atomic mass is 32.2. The molecule has 0 aromatic carbocycles. The first-order valence-corrected chi connectivity index (χ1v) is 7.06. The monoisotopic (exact) mass is 234 g/mol. The summed E-state index contributed by atoms with van der Waals surface area (Å²) < 4.78 is 22.2. The highest BCUT2D eigenvalue weighted by Gasteiger charge is 2.21. The van der Waals surface area contributed by atoms with Crippen LogP contribution in [0.2, 0.25) is 0 Å². The molecule has 2 N–H and O–H groups in total. The molecule has 0 bridgehead atoms. The normalized spacial score (nSPS) is 16.3. The molecule has 1 aliphatic rings. The first kappa shape index (κ1) is 12.4. The first-order valence-electron chi connectivity index (χ1n) is 5.24.